The Morgan fingerprint density at radius 1 is 0.333 bits per heavy atom. The van der Waals surface area contributed by atoms with Crippen LogP contribution in [0.4, 0.5) is 34.1 Å². The molecule has 2 heteroatoms. The summed E-state index contributed by atoms with van der Waals surface area (Å²) in [4.78, 5) is 4.76. The average molecular weight is 617 g/mol. The standard InChI is InChI=1S/C46H36N2/c1-33-27-28-41-40(29-30-45(44(41)31-33)47(35-17-7-3-8-18-35)36-19-9-4-10-20-36)43-32-34(2)46(42-26-16-15-25-39(42)43)48(37-21-11-5-12-22-37)38-23-13-6-14-24-38/h3-32H,1-2H3. The molecule has 230 valence electrons. The summed E-state index contributed by atoms with van der Waals surface area (Å²) >= 11 is 0. The summed E-state index contributed by atoms with van der Waals surface area (Å²) in [6.45, 7) is 4.43. The lowest BCUT2D eigenvalue weighted by Gasteiger charge is -2.30. The first-order valence-corrected chi connectivity index (χ1v) is 16.5. The van der Waals surface area contributed by atoms with Gasteiger partial charge in [-0.25, -0.2) is 0 Å². The summed E-state index contributed by atoms with van der Waals surface area (Å²) in [5.74, 6) is 0. The van der Waals surface area contributed by atoms with Crippen LogP contribution in [0.5, 0.6) is 0 Å². The maximum Gasteiger partial charge on any atom is 0.0569 e. The Balaban J connectivity index is 1.37. The Kier molecular flexibility index (Phi) is 7.68. The van der Waals surface area contributed by atoms with Gasteiger partial charge < -0.3 is 9.80 Å². The van der Waals surface area contributed by atoms with E-state index in [1.807, 2.05) is 0 Å². The van der Waals surface area contributed by atoms with E-state index in [2.05, 4.69) is 206 Å². The van der Waals surface area contributed by atoms with E-state index >= 15 is 0 Å². The average Bonchev–Trinajstić information content (AvgIpc) is 3.14. The quantitative estimate of drug-likeness (QED) is 0.176. The molecule has 8 aromatic carbocycles. The normalized spacial score (nSPS) is 11.1. The third-order valence-corrected chi connectivity index (χ3v) is 9.17. The Labute approximate surface area is 282 Å². The number of nitrogens with zero attached hydrogens (tertiary/aromatic N) is 2. The van der Waals surface area contributed by atoms with Crippen LogP contribution >= 0.6 is 0 Å². The van der Waals surface area contributed by atoms with Crippen molar-refractivity contribution in [1.29, 1.82) is 0 Å². The monoisotopic (exact) mass is 616 g/mol. The van der Waals surface area contributed by atoms with Crippen molar-refractivity contribution >= 4 is 55.7 Å². The fraction of sp³-hybridized carbons (Fsp3) is 0.0435. The molecular formula is C46H36N2. The third-order valence-electron chi connectivity index (χ3n) is 9.17. The Morgan fingerprint density at radius 2 is 0.792 bits per heavy atom. The molecule has 0 radical (unpaired) electrons. The van der Waals surface area contributed by atoms with Gasteiger partial charge in [0, 0.05) is 33.5 Å². The maximum absolute atomic E-state index is 2.39. The van der Waals surface area contributed by atoms with E-state index < -0.39 is 0 Å². The van der Waals surface area contributed by atoms with Gasteiger partial charge in [0.05, 0.1) is 11.4 Å². The topological polar surface area (TPSA) is 6.48 Å². The lowest BCUT2D eigenvalue weighted by Crippen LogP contribution is -2.12. The van der Waals surface area contributed by atoms with Crippen LogP contribution < -0.4 is 9.80 Å². The van der Waals surface area contributed by atoms with Crippen molar-refractivity contribution in [3.05, 3.63) is 193 Å². The summed E-state index contributed by atoms with van der Waals surface area (Å²) < 4.78 is 0. The summed E-state index contributed by atoms with van der Waals surface area (Å²) in [5, 5.41) is 4.91. The van der Waals surface area contributed by atoms with Crippen LogP contribution in [0.3, 0.4) is 0 Å². The number of fused-ring (bicyclic) bond motifs is 2. The van der Waals surface area contributed by atoms with Gasteiger partial charge in [0.25, 0.3) is 0 Å². The molecule has 0 amide bonds. The third kappa shape index (κ3) is 5.28. The smallest absolute Gasteiger partial charge is 0.0569 e. The highest BCUT2D eigenvalue weighted by atomic mass is 15.1. The second kappa shape index (κ2) is 12.6. The molecule has 8 aromatic rings. The first-order chi connectivity index (χ1) is 23.7. The van der Waals surface area contributed by atoms with Crippen LogP contribution in [0, 0.1) is 13.8 Å². The number of hydrogen-bond acceptors (Lipinski definition) is 2. The zero-order valence-electron chi connectivity index (χ0n) is 27.2. The molecular weight excluding hydrogens is 581 g/mol. The predicted molar refractivity (Wildman–Crippen MR) is 206 cm³/mol. The molecule has 0 unspecified atom stereocenters. The van der Waals surface area contributed by atoms with E-state index in [0.717, 1.165) is 28.4 Å². The van der Waals surface area contributed by atoms with Crippen molar-refractivity contribution in [2.45, 2.75) is 13.8 Å². The molecule has 0 fully saturated rings. The molecule has 2 nitrogen and oxygen atoms in total. The van der Waals surface area contributed by atoms with Crippen molar-refractivity contribution in [3.8, 4) is 11.1 Å². The molecule has 48 heavy (non-hydrogen) atoms. The predicted octanol–water partition coefficient (Wildman–Crippen LogP) is 13.2. The number of rotatable bonds is 7. The fourth-order valence-corrected chi connectivity index (χ4v) is 7.04. The van der Waals surface area contributed by atoms with Crippen LogP contribution in [0.15, 0.2) is 182 Å². The summed E-state index contributed by atoms with van der Waals surface area (Å²) in [7, 11) is 0. The van der Waals surface area contributed by atoms with Gasteiger partial charge in [0.2, 0.25) is 0 Å². The van der Waals surface area contributed by atoms with E-state index in [1.165, 1.54) is 49.5 Å². The van der Waals surface area contributed by atoms with Crippen molar-refractivity contribution in [1.82, 2.24) is 0 Å². The van der Waals surface area contributed by atoms with Crippen molar-refractivity contribution in [2.24, 2.45) is 0 Å². The second-order valence-corrected chi connectivity index (χ2v) is 12.3. The van der Waals surface area contributed by atoms with Crippen LogP contribution in [0.25, 0.3) is 32.7 Å². The molecule has 0 aromatic heterocycles. The zero-order valence-corrected chi connectivity index (χ0v) is 27.2. The summed E-state index contributed by atoms with van der Waals surface area (Å²) in [6.07, 6.45) is 0. The minimum atomic E-state index is 1.13. The SMILES string of the molecule is Cc1ccc2c(-c3cc(C)c(N(c4ccccc4)c4ccccc4)c4ccccc34)ccc(N(c3ccccc3)c3ccccc3)c2c1. The number of anilines is 6. The highest BCUT2D eigenvalue weighted by molar-refractivity contribution is 6.13. The lowest BCUT2D eigenvalue weighted by atomic mass is 9.89. The van der Waals surface area contributed by atoms with Crippen LogP contribution in [0.2, 0.25) is 0 Å². The molecule has 0 saturated heterocycles. The van der Waals surface area contributed by atoms with E-state index in [-0.39, 0.29) is 0 Å². The van der Waals surface area contributed by atoms with Gasteiger partial charge in [-0.1, -0.05) is 121 Å². The molecule has 0 atom stereocenters. The molecule has 0 aliphatic rings. The van der Waals surface area contributed by atoms with Gasteiger partial charge in [-0.05, 0) is 108 Å². The van der Waals surface area contributed by atoms with E-state index in [1.54, 1.807) is 0 Å². The first-order valence-electron chi connectivity index (χ1n) is 16.5. The molecule has 0 spiro atoms. The molecule has 0 heterocycles. The fourth-order valence-electron chi connectivity index (χ4n) is 7.04. The van der Waals surface area contributed by atoms with Crippen LogP contribution in [0.1, 0.15) is 11.1 Å². The minimum Gasteiger partial charge on any atom is -0.310 e. The zero-order chi connectivity index (χ0) is 32.5. The van der Waals surface area contributed by atoms with Crippen LogP contribution in [-0.4, -0.2) is 0 Å². The van der Waals surface area contributed by atoms with Crippen LogP contribution in [-0.2, 0) is 0 Å². The second-order valence-electron chi connectivity index (χ2n) is 12.3. The largest absolute Gasteiger partial charge is 0.310 e. The molecule has 0 saturated carbocycles. The Morgan fingerprint density at radius 3 is 1.33 bits per heavy atom. The highest BCUT2D eigenvalue weighted by Crippen LogP contribution is 2.47. The summed E-state index contributed by atoms with van der Waals surface area (Å²) in [6, 6.07) is 65.4. The van der Waals surface area contributed by atoms with E-state index in [9.17, 15) is 0 Å². The van der Waals surface area contributed by atoms with Gasteiger partial charge in [-0.2, -0.15) is 0 Å². The molecule has 8 rings (SSSR count). The Bertz CT molecular complexity index is 2270. The highest BCUT2D eigenvalue weighted by Gasteiger charge is 2.22. The van der Waals surface area contributed by atoms with Gasteiger partial charge >= 0.3 is 0 Å². The van der Waals surface area contributed by atoms with Gasteiger partial charge in [0.15, 0.2) is 0 Å². The number of benzene rings is 8. The molecule has 0 N–H and O–H groups in total. The molecule has 0 aliphatic carbocycles. The number of aryl methyl sites for hydroxylation is 2. The Hall–Kier alpha value is -6.12. The van der Waals surface area contributed by atoms with Crippen molar-refractivity contribution in [2.75, 3.05) is 9.80 Å². The van der Waals surface area contributed by atoms with E-state index in [0.29, 0.717) is 0 Å². The van der Waals surface area contributed by atoms with Crippen molar-refractivity contribution < 1.29 is 0 Å². The molecule has 0 bridgehead atoms. The van der Waals surface area contributed by atoms with Crippen molar-refractivity contribution in [3.63, 3.8) is 0 Å². The van der Waals surface area contributed by atoms with Gasteiger partial charge in [-0.3, -0.25) is 0 Å². The van der Waals surface area contributed by atoms with Gasteiger partial charge in [-0.15, -0.1) is 0 Å². The molecule has 0 aliphatic heterocycles. The maximum atomic E-state index is 2.39. The first kappa shape index (κ1) is 29.3. The van der Waals surface area contributed by atoms with Gasteiger partial charge in [0.1, 0.15) is 0 Å². The minimum absolute atomic E-state index is 1.13. The summed E-state index contributed by atoms with van der Waals surface area (Å²) in [5.41, 5.74) is 11.8. The number of hydrogen-bond donors (Lipinski definition) is 0. The van der Waals surface area contributed by atoms with E-state index in [4.69, 9.17) is 0 Å². The number of para-hydroxylation sites is 4. The lowest BCUT2D eigenvalue weighted by molar-refractivity contribution is 1.27.